The smallest absolute Gasteiger partial charge is 0.0275 e. The minimum Gasteiger partial charge on any atom is -0.0623 e. The van der Waals surface area contributed by atoms with E-state index in [9.17, 15) is 0 Å². The monoisotopic (exact) mass is 212 g/mol. The number of hydrogen-bond donors (Lipinski definition) is 0. The van der Waals surface area contributed by atoms with Crippen LogP contribution < -0.4 is 0 Å². The van der Waals surface area contributed by atoms with E-state index in [1.54, 1.807) is 0 Å². The summed E-state index contributed by atoms with van der Waals surface area (Å²) >= 11 is 0. The Balaban J connectivity index is 5.09. The largest absolute Gasteiger partial charge is 0.0623 e. The van der Waals surface area contributed by atoms with Crippen LogP contribution in [0.1, 0.15) is 69.2 Å². The second-order valence-corrected chi connectivity index (χ2v) is 7.67. The van der Waals surface area contributed by atoms with E-state index in [1.807, 2.05) is 0 Å². The molecule has 0 heteroatoms. The van der Waals surface area contributed by atoms with Gasteiger partial charge in [-0.2, -0.15) is 0 Å². The van der Waals surface area contributed by atoms with Crippen LogP contribution >= 0.6 is 0 Å². The topological polar surface area (TPSA) is 0 Å². The summed E-state index contributed by atoms with van der Waals surface area (Å²) in [4.78, 5) is 0. The molecule has 0 aliphatic heterocycles. The lowest BCUT2D eigenvalue weighted by atomic mass is 9.54. The van der Waals surface area contributed by atoms with Gasteiger partial charge in [0, 0.05) is 0 Å². The third-order valence-electron chi connectivity index (χ3n) is 5.62. The van der Waals surface area contributed by atoms with E-state index in [1.165, 1.54) is 0 Å². The third-order valence-corrected chi connectivity index (χ3v) is 5.62. The molecule has 0 amide bonds. The number of rotatable bonds is 3. The van der Waals surface area contributed by atoms with Gasteiger partial charge < -0.3 is 0 Å². The zero-order chi connectivity index (χ0) is 12.7. The fourth-order valence-electron chi connectivity index (χ4n) is 2.08. The summed E-state index contributed by atoms with van der Waals surface area (Å²) in [5, 5.41) is 0. The Morgan fingerprint density at radius 2 is 1.00 bits per heavy atom. The molecule has 92 valence electrons. The first-order valence-corrected chi connectivity index (χ1v) is 6.35. The van der Waals surface area contributed by atoms with Gasteiger partial charge in [0.05, 0.1) is 0 Å². The lowest BCUT2D eigenvalue weighted by molar-refractivity contribution is -0.0255. The molecule has 0 aromatic heterocycles. The Hall–Kier alpha value is 0. The van der Waals surface area contributed by atoms with Gasteiger partial charge in [-0.3, -0.25) is 0 Å². The van der Waals surface area contributed by atoms with Crippen LogP contribution in [0.2, 0.25) is 0 Å². The van der Waals surface area contributed by atoms with Crippen LogP contribution in [-0.4, -0.2) is 0 Å². The molecule has 0 aliphatic rings. The van der Waals surface area contributed by atoms with E-state index in [-0.39, 0.29) is 0 Å². The van der Waals surface area contributed by atoms with Crippen LogP contribution in [0, 0.1) is 28.1 Å². The Morgan fingerprint density at radius 3 is 1.20 bits per heavy atom. The maximum absolute atomic E-state index is 2.42. The van der Waals surface area contributed by atoms with Crippen molar-refractivity contribution in [1.29, 1.82) is 0 Å². The molecule has 0 saturated heterocycles. The first-order chi connectivity index (χ1) is 6.35. The summed E-state index contributed by atoms with van der Waals surface area (Å²) in [5.41, 5.74) is 1.12. The molecule has 1 atom stereocenters. The van der Waals surface area contributed by atoms with Crippen molar-refractivity contribution in [3.63, 3.8) is 0 Å². The number of hydrogen-bond acceptors (Lipinski definition) is 0. The summed E-state index contributed by atoms with van der Waals surface area (Å²) in [6.07, 6.45) is 0. The average Bonchev–Trinajstić information content (AvgIpc) is 2.00. The quantitative estimate of drug-likeness (QED) is 0.589. The molecule has 15 heavy (non-hydrogen) atoms. The van der Waals surface area contributed by atoms with Gasteiger partial charge in [0.25, 0.3) is 0 Å². The zero-order valence-electron chi connectivity index (χ0n) is 12.7. The third kappa shape index (κ3) is 2.77. The van der Waals surface area contributed by atoms with E-state index in [4.69, 9.17) is 0 Å². The minimum absolute atomic E-state index is 0.360. The van der Waals surface area contributed by atoms with Gasteiger partial charge in [-0.05, 0) is 28.1 Å². The van der Waals surface area contributed by atoms with E-state index in [0.717, 1.165) is 5.92 Å². The van der Waals surface area contributed by atoms with E-state index in [0.29, 0.717) is 22.2 Å². The first-order valence-electron chi connectivity index (χ1n) is 6.35. The van der Waals surface area contributed by atoms with Crippen LogP contribution in [-0.2, 0) is 0 Å². The lowest BCUT2D eigenvalue weighted by Gasteiger charge is -2.51. The SMILES string of the molecule is CC(C)C(C)(C)C(C)C(C)(C)C(C)(C)C. The molecule has 0 nitrogen and oxygen atoms in total. The Labute approximate surface area is 97.8 Å². The summed E-state index contributed by atoms with van der Waals surface area (Å²) in [7, 11) is 0. The van der Waals surface area contributed by atoms with Gasteiger partial charge in [0.15, 0.2) is 0 Å². The molecule has 0 rings (SSSR count). The Kier molecular flexibility index (Phi) is 4.11. The molecule has 0 heterocycles. The summed E-state index contributed by atoms with van der Waals surface area (Å²) in [5.74, 6) is 1.44. The van der Waals surface area contributed by atoms with Crippen molar-refractivity contribution in [2.45, 2.75) is 69.2 Å². The molecule has 0 bridgehead atoms. The molecule has 0 N–H and O–H groups in total. The molecule has 0 aromatic carbocycles. The highest BCUT2D eigenvalue weighted by molar-refractivity contribution is 4.94. The predicted molar refractivity (Wildman–Crippen MR) is 71.0 cm³/mol. The van der Waals surface area contributed by atoms with Crippen molar-refractivity contribution < 1.29 is 0 Å². The normalized spacial score (nSPS) is 17.0. The lowest BCUT2D eigenvalue weighted by Crippen LogP contribution is -2.44. The maximum atomic E-state index is 2.42. The van der Waals surface area contributed by atoms with Gasteiger partial charge in [-0.1, -0.05) is 69.2 Å². The minimum atomic E-state index is 0.360. The molecule has 1 unspecified atom stereocenters. The molecule has 0 spiro atoms. The molecular weight excluding hydrogens is 180 g/mol. The van der Waals surface area contributed by atoms with Crippen LogP contribution in [0.25, 0.3) is 0 Å². The second kappa shape index (κ2) is 4.11. The highest BCUT2D eigenvalue weighted by atomic mass is 14.5. The van der Waals surface area contributed by atoms with Gasteiger partial charge in [0.1, 0.15) is 0 Å². The van der Waals surface area contributed by atoms with Crippen molar-refractivity contribution in [3.05, 3.63) is 0 Å². The fourth-order valence-corrected chi connectivity index (χ4v) is 2.08. The molecule has 0 fully saturated rings. The standard InChI is InChI=1S/C15H32/c1-11(2)14(7,8)12(3)15(9,10)13(4,5)6/h11-12H,1-10H3. The van der Waals surface area contributed by atoms with Crippen LogP contribution in [0.4, 0.5) is 0 Å². The summed E-state index contributed by atoms with van der Waals surface area (Å²) < 4.78 is 0. The van der Waals surface area contributed by atoms with E-state index >= 15 is 0 Å². The molecule has 0 aromatic rings. The fraction of sp³-hybridized carbons (Fsp3) is 1.00. The molecule has 0 aliphatic carbocycles. The second-order valence-electron chi connectivity index (χ2n) is 7.67. The van der Waals surface area contributed by atoms with Crippen molar-refractivity contribution >= 4 is 0 Å². The summed E-state index contributed by atoms with van der Waals surface area (Å²) in [6, 6.07) is 0. The summed E-state index contributed by atoms with van der Waals surface area (Å²) in [6.45, 7) is 23.9. The highest BCUT2D eigenvalue weighted by Gasteiger charge is 2.45. The molecular formula is C15H32. The molecule has 0 saturated carbocycles. The predicted octanol–water partition coefficient (Wildman–Crippen LogP) is 5.38. The van der Waals surface area contributed by atoms with Gasteiger partial charge in [0.2, 0.25) is 0 Å². The van der Waals surface area contributed by atoms with E-state index < -0.39 is 0 Å². The van der Waals surface area contributed by atoms with Crippen molar-refractivity contribution in [2.75, 3.05) is 0 Å². The highest BCUT2D eigenvalue weighted by Crippen LogP contribution is 2.52. The van der Waals surface area contributed by atoms with Crippen molar-refractivity contribution in [1.82, 2.24) is 0 Å². The Bertz CT molecular complexity index is 201. The molecule has 0 radical (unpaired) electrons. The van der Waals surface area contributed by atoms with Gasteiger partial charge in [-0.15, -0.1) is 0 Å². The van der Waals surface area contributed by atoms with Crippen molar-refractivity contribution in [2.24, 2.45) is 28.1 Å². The van der Waals surface area contributed by atoms with E-state index in [2.05, 4.69) is 69.2 Å². The maximum Gasteiger partial charge on any atom is -0.0275 e. The van der Waals surface area contributed by atoms with Crippen LogP contribution in [0.15, 0.2) is 0 Å². The van der Waals surface area contributed by atoms with Crippen LogP contribution in [0.3, 0.4) is 0 Å². The van der Waals surface area contributed by atoms with Crippen molar-refractivity contribution in [3.8, 4) is 0 Å². The zero-order valence-corrected chi connectivity index (χ0v) is 12.7. The average molecular weight is 212 g/mol. The van der Waals surface area contributed by atoms with Crippen LogP contribution in [0.5, 0.6) is 0 Å². The van der Waals surface area contributed by atoms with Gasteiger partial charge in [-0.25, -0.2) is 0 Å². The Morgan fingerprint density at radius 1 is 0.667 bits per heavy atom. The first kappa shape index (κ1) is 15.0. The van der Waals surface area contributed by atoms with Gasteiger partial charge >= 0.3 is 0 Å².